The molecule has 3 nitrogen and oxygen atoms in total. The molecule has 0 aromatic carbocycles. The van der Waals surface area contributed by atoms with Crippen LogP contribution in [0.2, 0.25) is 0 Å². The molecule has 1 atom stereocenters. The van der Waals surface area contributed by atoms with E-state index in [0.717, 1.165) is 19.6 Å². The summed E-state index contributed by atoms with van der Waals surface area (Å²) in [7, 11) is 0. The van der Waals surface area contributed by atoms with Crippen LogP contribution in [-0.2, 0) is 4.74 Å². The third-order valence-corrected chi connectivity index (χ3v) is 1.92. The average Bonchev–Trinajstić information content (AvgIpc) is 2.03. The first-order chi connectivity index (χ1) is 5.29. The highest BCUT2D eigenvalue weighted by molar-refractivity contribution is 7.80. The Bertz CT molecular complexity index is 134. The molecule has 11 heavy (non-hydrogen) atoms. The fourth-order valence-corrected chi connectivity index (χ4v) is 1.27. The van der Waals surface area contributed by atoms with Crippen LogP contribution in [0.25, 0.3) is 0 Å². The van der Waals surface area contributed by atoms with Gasteiger partial charge in [-0.25, -0.2) is 0 Å². The number of rotatable bonds is 2. The van der Waals surface area contributed by atoms with Crippen molar-refractivity contribution >= 4 is 17.3 Å². The second-order valence-corrected chi connectivity index (χ2v) is 3.17. The standard InChI is InChI=1S/C7H14N2OS/c8-7(11)9-5-6-3-1-2-4-10-6/h6H,1-5H2,(H3,8,9,11). The molecule has 1 fully saturated rings. The lowest BCUT2D eigenvalue weighted by molar-refractivity contribution is 0.0196. The maximum Gasteiger partial charge on any atom is 0.163 e. The first-order valence-corrected chi connectivity index (χ1v) is 4.35. The monoisotopic (exact) mass is 174 g/mol. The molecular weight excluding hydrogens is 160 g/mol. The van der Waals surface area contributed by atoms with Crippen LogP contribution in [0.4, 0.5) is 0 Å². The van der Waals surface area contributed by atoms with Crippen LogP contribution in [0, 0.1) is 0 Å². The summed E-state index contributed by atoms with van der Waals surface area (Å²) in [5.41, 5.74) is 5.27. The minimum atomic E-state index is 0.310. The van der Waals surface area contributed by atoms with Gasteiger partial charge in [0.05, 0.1) is 6.10 Å². The van der Waals surface area contributed by atoms with E-state index in [2.05, 4.69) is 17.5 Å². The summed E-state index contributed by atoms with van der Waals surface area (Å²) < 4.78 is 5.45. The van der Waals surface area contributed by atoms with E-state index in [-0.39, 0.29) is 0 Å². The maximum atomic E-state index is 5.45. The first-order valence-electron chi connectivity index (χ1n) is 3.94. The molecule has 0 saturated carbocycles. The highest BCUT2D eigenvalue weighted by Crippen LogP contribution is 2.11. The van der Waals surface area contributed by atoms with Crippen molar-refractivity contribution in [3.63, 3.8) is 0 Å². The molecule has 0 bridgehead atoms. The zero-order valence-electron chi connectivity index (χ0n) is 6.51. The van der Waals surface area contributed by atoms with Crippen molar-refractivity contribution < 1.29 is 4.74 Å². The largest absolute Gasteiger partial charge is 0.376 e. The quantitative estimate of drug-likeness (QED) is 0.594. The molecule has 1 aliphatic rings. The summed E-state index contributed by atoms with van der Waals surface area (Å²) in [6.45, 7) is 1.64. The highest BCUT2D eigenvalue weighted by atomic mass is 32.1. The molecule has 0 aromatic heterocycles. The van der Waals surface area contributed by atoms with Crippen molar-refractivity contribution in [2.24, 2.45) is 5.73 Å². The second-order valence-electron chi connectivity index (χ2n) is 2.73. The van der Waals surface area contributed by atoms with Gasteiger partial charge in [-0.05, 0) is 31.5 Å². The molecular formula is C7H14N2OS. The molecule has 3 N–H and O–H groups in total. The summed E-state index contributed by atoms with van der Waals surface area (Å²) in [6, 6.07) is 0. The lowest BCUT2D eigenvalue weighted by atomic mass is 10.1. The number of thiocarbonyl (C=S) groups is 1. The lowest BCUT2D eigenvalue weighted by Gasteiger charge is -2.22. The van der Waals surface area contributed by atoms with Crippen LogP contribution in [0.3, 0.4) is 0 Å². The first kappa shape index (κ1) is 8.74. The fourth-order valence-electron chi connectivity index (χ4n) is 1.18. The van der Waals surface area contributed by atoms with Crippen LogP contribution >= 0.6 is 12.2 Å². The van der Waals surface area contributed by atoms with Crippen LogP contribution in [0.1, 0.15) is 19.3 Å². The summed E-state index contributed by atoms with van der Waals surface area (Å²) in [5, 5.41) is 3.26. The Labute approximate surface area is 72.3 Å². The SMILES string of the molecule is NC(=S)NCC1CCCCO1. The highest BCUT2D eigenvalue weighted by Gasteiger charge is 2.12. The number of hydrogen-bond donors (Lipinski definition) is 2. The molecule has 1 rings (SSSR count). The predicted molar refractivity (Wildman–Crippen MR) is 48.4 cm³/mol. The van der Waals surface area contributed by atoms with Gasteiger partial charge in [0.15, 0.2) is 5.11 Å². The minimum Gasteiger partial charge on any atom is -0.376 e. The van der Waals surface area contributed by atoms with E-state index in [4.69, 9.17) is 10.5 Å². The third-order valence-electron chi connectivity index (χ3n) is 1.78. The Kier molecular flexibility index (Phi) is 3.59. The van der Waals surface area contributed by atoms with Gasteiger partial charge >= 0.3 is 0 Å². The number of nitrogens with one attached hydrogen (secondary N) is 1. The van der Waals surface area contributed by atoms with E-state index in [1.165, 1.54) is 12.8 Å². The van der Waals surface area contributed by atoms with Crippen molar-refractivity contribution in [1.82, 2.24) is 5.32 Å². The van der Waals surface area contributed by atoms with E-state index < -0.39 is 0 Å². The van der Waals surface area contributed by atoms with Gasteiger partial charge in [0.2, 0.25) is 0 Å². The number of hydrogen-bond acceptors (Lipinski definition) is 2. The van der Waals surface area contributed by atoms with Gasteiger partial charge in [0, 0.05) is 13.2 Å². The van der Waals surface area contributed by atoms with Crippen molar-refractivity contribution in [2.45, 2.75) is 25.4 Å². The molecule has 1 aliphatic heterocycles. The Hall–Kier alpha value is -0.350. The van der Waals surface area contributed by atoms with E-state index >= 15 is 0 Å². The van der Waals surface area contributed by atoms with Crippen molar-refractivity contribution in [3.8, 4) is 0 Å². The van der Waals surface area contributed by atoms with Crippen molar-refractivity contribution in [1.29, 1.82) is 0 Å². The van der Waals surface area contributed by atoms with E-state index in [1.807, 2.05) is 0 Å². The summed E-state index contributed by atoms with van der Waals surface area (Å²) in [4.78, 5) is 0. The Morgan fingerprint density at radius 2 is 2.45 bits per heavy atom. The molecule has 64 valence electrons. The second kappa shape index (κ2) is 4.51. The van der Waals surface area contributed by atoms with E-state index in [1.54, 1.807) is 0 Å². The van der Waals surface area contributed by atoms with Gasteiger partial charge in [-0.2, -0.15) is 0 Å². The van der Waals surface area contributed by atoms with Crippen LogP contribution < -0.4 is 11.1 Å². The molecule has 1 unspecified atom stereocenters. The average molecular weight is 174 g/mol. The molecule has 0 radical (unpaired) electrons. The maximum absolute atomic E-state index is 5.45. The minimum absolute atomic E-state index is 0.310. The molecule has 0 aliphatic carbocycles. The number of nitrogens with two attached hydrogens (primary N) is 1. The normalized spacial score (nSPS) is 24.5. The van der Waals surface area contributed by atoms with Gasteiger partial charge in [-0.1, -0.05) is 0 Å². The zero-order chi connectivity index (χ0) is 8.10. The Morgan fingerprint density at radius 3 is 3.00 bits per heavy atom. The third kappa shape index (κ3) is 3.53. The van der Waals surface area contributed by atoms with Crippen molar-refractivity contribution in [2.75, 3.05) is 13.2 Å². The smallest absolute Gasteiger partial charge is 0.163 e. The van der Waals surface area contributed by atoms with Crippen LogP contribution in [0.5, 0.6) is 0 Å². The molecule has 0 amide bonds. The number of ether oxygens (including phenoxy) is 1. The molecule has 4 heteroatoms. The lowest BCUT2D eigenvalue weighted by Crippen LogP contribution is -2.38. The van der Waals surface area contributed by atoms with Gasteiger partial charge in [0.25, 0.3) is 0 Å². The van der Waals surface area contributed by atoms with E-state index in [0.29, 0.717) is 11.2 Å². The van der Waals surface area contributed by atoms with Crippen LogP contribution in [-0.4, -0.2) is 24.4 Å². The Morgan fingerprint density at radius 1 is 1.64 bits per heavy atom. The topological polar surface area (TPSA) is 47.3 Å². The zero-order valence-corrected chi connectivity index (χ0v) is 7.32. The summed E-state index contributed by atoms with van der Waals surface area (Å²) in [6.07, 6.45) is 3.87. The van der Waals surface area contributed by atoms with Gasteiger partial charge < -0.3 is 15.8 Å². The van der Waals surface area contributed by atoms with Crippen molar-refractivity contribution in [3.05, 3.63) is 0 Å². The molecule has 0 spiro atoms. The van der Waals surface area contributed by atoms with Gasteiger partial charge in [-0.15, -0.1) is 0 Å². The molecule has 1 saturated heterocycles. The van der Waals surface area contributed by atoms with E-state index in [9.17, 15) is 0 Å². The molecule has 1 heterocycles. The Balaban J connectivity index is 2.09. The summed E-state index contributed by atoms with van der Waals surface area (Å²) >= 11 is 4.68. The van der Waals surface area contributed by atoms with Crippen LogP contribution in [0.15, 0.2) is 0 Å². The summed E-state index contributed by atoms with van der Waals surface area (Å²) in [5.74, 6) is 0. The molecule has 0 aromatic rings. The van der Waals surface area contributed by atoms with Gasteiger partial charge in [-0.3, -0.25) is 0 Å². The predicted octanol–water partition coefficient (Wildman–Crippen LogP) is 0.389. The van der Waals surface area contributed by atoms with Gasteiger partial charge in [0.1, 0.15) is 0 Å². The fraction of sp³-hybridized carbons (Fsp3) is 0.857.